The quantitative estimate of drug-likeness (QED) is 0.587. The summed E-state index contributed by atoms with van der Waals surface area (Å²) in [5, 5.41) is 4.95. The Hall–Kier alpha value is -1.49. The zero-order chi connectivity index (χ0) is 21.7. The molecule has 3 rings (SSSR count). The minimum absolute atomic E-state index is 0.0255. The van der Waals surface area contributed by atoms with E-state index in [1.165, 1.54) is 18.2 Å². The fourth-order valence-corrected chi connectivity index (χ4v) is 5.76. The molecule has 7 nitrogen and oxygen atoms in total. The van der Waals surface area contributed by atoms with Gasteiger partial charge in [0.1, 0.15) is 4.90 Å². The van der Waals surface area contributed by atoms with Gasteiger partial charge in [0.2, 0.25) is 10.0 Å². The summed E-state index contributed by atoms with van der Waals surface area (Å²) in [6.45, 7) is 1.22. The van der Waals surface area contributed by atoms with Gasteiger partial charge in [0.25, 0.3) is 5.91 Å². The Kier molecular flexibility index (Phi) is 7.89. The highest BCUT2D eigenvalue weighted by Gasteiger charge is 2.24. The van der Waals surface area contributed by atoms with Crippen LogP contribution in [0.3, 0.4) is 0 Å². The first-order chi connectivity index (χ1) is 14.3. The van der Waals surface area contributed by atoms with Crippen LogP contribution in [0.1, 0.15) is 34.1 Å². The smallest absolute Gasteiger partial charge is 0.251 e. The van der Waals surface area contributed by atoms with Crippen LogP contribution in [0.5, 0.6) is 0 Å². The first-order valence-electron chi connectivity index (χ1n) is 9.67. The van der Waals surface area contributed by atoms with Crippen molar-refractivity contribution in [3.63, 3.8) is 0 Å². The van der Waals surface area contributed by atoms with Crippen molar-refractivity contribution in [2.75, 3.05) is 33.8 Å². The second kappa shape index (κ2) is 10.2. The fourth-order valence-electron chi connectivity index (χ4n) is 3.25. The van der Waals surface area contributed by atoms with Crippen LogP contribution in [-0.4, -0.2) is 59.1 Å². The molecule has 2 unspecified atom stereocenters. The van der Waals surface area contributed by atoms with Gasteiger partial charge in [-0.15, -0.1) is 11.3 Å². The number of sulfonamides is 1. The number of thiophene rings is 1. The molecule has 0 aliphatic carbocycles. The summed E-state index contributed by atoms with van der Waals surface area (Å²) in [5.41, 5.74) is 0.237. The maximum Gasteiger partial charge on any atom is 0.251 e. The number of likely N-dealkylation sites (N-methyl/N-ethyl adjacent to an activating group) is 1. The third kappa shape index (κ3) is 5.81. The molecule has 0 saturated carbocycles. The first-order valence-corrected chi connectivity index (χ1v) is 12.4. The number of benzene rings is 1. The summed E-state index contributed by atoms with van der Waals surface area (Å²) in [4.78, 5) is 15.7. The van der Waals surface area contributed by atoms with Crippen LogP contribution in [0.4, 0.5) is 0 Å². The van der Waals surface area contributed by atoms with Gasteiger partial charge in [0, 0.05) is 30.1 Å². The van der Waals surface area contributed by atoms with Gasteiger partial charge in [0.05, 0.1) is 17.2 Å². The number of ether oxygens (including phenoxy) is 1. The molecule has 1 aliphatic rings. The van der Waals surface area contributed by atoms with Crippen molar-refractivity contribution in [1.82, 2.24) is 14.9 Å². The third-order valence-corrected chi connectivity index (χ3v) is 7.84. The van der Waals surface area contributed by atoms with Crippen LogP contribution in [0.15, 0.2) is 40.6 Å². The molecule has 10 heteroatoms. The standard InChI is InChI=1S/C20H26ClN3O4S2/c1-24(2)17(18-6-4-10-29-18)13-22-20(25)14-7-8-16(21)19(11-14)30(26,27)23-12-15-5-3-9-28-15/h4,6-8,10-11,15,17,23H,3,5,9,12-13H2,1-2H3,(H,22,25). The maximum absolute atomic E-state index is 12.7. The van der Waals surface area contributed by atoms with E-state index in [4.69, 9.17) is 16.3 Å². The summed E-state index contributed by atoms with van der Waals surface area (Å²) >= 11 is 7.75. The highest BCUT2D eigenvalue weighted by Crippen LogP contribution is 2.24. The van der Waals surface area contributed by atoms with E-state index in [2.05, 4.69) is 10.0 Å². The molecule has 164 valence electrons. The monoisotopic (exact) mass is 471 g/mol. The Morgan fingerprint density at radius 3 is 2.80 bits per heavy atom. The van der Waals surface area contributed by atoms with Crippen molar-refractivity contribution in [2.45, 2.75) is 29.9 Å². The average Bonchev–Trinajstić information content (AvgIpc) is 3.41. The summed E-state index contributed by atoms with van der Waals surface area (Å²) in [6, 6.07) is 8.28. The molecule has 1 aromatic heterocycles. The minimum atomic E-state index is -3.86. The molecule has 1 aliphatic heterocycles. The molecule has 1 aromatic carbocycles. The molecule has 2 atom stereocenters. The van der Waals surface area contributed by atoms with E-state index >= 15 is 0 Å². The van der Waals surface area contributed by atoms with Crippen LogP contribution in [0.2, 0.25) is 5.02 Å². The largest absolute Gasteiger partial charge is 0.377 e. The molecule has 30 heavy (non-hydrogen) atoms. The van der Waals surface area contributed by atoms with Crippen molar-refractivity contribution >= 4 is 38.9 Å². The van der Waals surface area contributed by atoms with Crippen LogP contribution in [0.25, 0.3) is 0 Å². The number of amides is 1. The lowest BCUT2D eigenvalue weighted by Gasteiger charge is -2.23. The minimum Gasteiger partial charge on any atom is -0.377 e. The Balaban J connectivity index is 1.69. The normalized spacial score (nSPS) is 17.9. The number of halogens is 1. The molecular weight excluding hydrogens is 446 g/mol. The van der Waals surface area contributed by atoms with Crippen molar-refractivity contribution < 1.29 is 17.9 Å². The molecule has 2 N–H and O–H groups in total. The highest BCUT2D eigenvalue weighted by molar-refractivity contribution is 7.89. The van der Waals surface area contributed by atoms with E-state index in [1.54, 1.807) is 11.3 Å². The van der Waals surface area contributed by atoms with Gasteiger partial charge in [0.15, 0.2) is 0 Å². The Labute approximate surface area is 186 Å². The number of nitrogens with one attached hydrogen (secondary N) is 2. The average molecular weight is 472 g/mol. The van der Waals surface area contributed by atoms with Crippen LogP contribution in [-0.2, 0) is 14.8 Å². The zero-order valence-electron chi connectivity index (χ0n) is 16.9. The number of rotatable bonds is 9. The van der Waals surface area contributed by atoms with E-state index in [1.807, 2.05) is 36.5 Å². The Morgan fingerprint density at radius 2 is 2.17 bits per heavy atom. The summed E-state index contributed by atoms with van der Waals surface area (Å²) in [6.07, 6.45) is 1.60. The number of carbonyl (C=O) groups is 1. The predicted molar refractivity (Wildman–Crippen MR) is 119 cm³/mol. The van der Waals surface area contributed by atoms with Gasteiger partial charge in [-0.2, -0.15) is 0 Å². The number of hydrogen-bond acceptors (Lipinski definition) is 6. The fraction of sp³-hybridized carbons (Fsp3) is 0.450. The number of nitrogens with zero attached hydrogens (tertiary/aromatic N) is 1. The van der Waals surface area contributed by atoms with Crippen molar-refractivity contribution in [3.05, 3.63) is 51.2 Å². The lowest BCUT2D eigenvalue weighted by molar-refractivity contribution is 0.0942. The summed E-state index contributed by atoms with van der Waals surface area (Å²) in [7, 11) is 0.0322. The van der Waals surface area contributed by atoms with Crippen molar-refractivity contribution in [2.24, 2.45) is 0 Å². The molecule has 2 aromatic rings. The third-order valence-electron chi connectivity index (χ3n) is 4.96. The first kappa shape index (κ1) is 23.2. The topological polar surface area (TPSA) is 87.7 Å². The molecule has 0 spiro atoms. The van der Waals surface area contributed by atoms with Gasteiger partial charge in [-0.3, -0.25) is 4.79 Å². The van der Waals surface area contributed by atoms with Crippen molar-refractivity contribution in [3.8, 4) is 0 Å². The van der Waals surface area contributed by atoms with Gasteiger partial charge >= 0.3 is 0 Å². The zero-order valence-corrected chi connectivity index (χ0v) is 19.3. The molecule has 0 bridgehead atoms. The molecule has 1 fully saturated rings. The lowest BCUT2D eigenvalue weighted by Crippen LogP contribution is -2.34. The van der Waals surface area contributed by atoms with E-state index in [0.29, 0.717) is 13.2 Å². The van der Waals surface area contributed by atoms with Gasteiger partial charge in [-0.05, 0) is 56.6 Å². The SMILES string of the molecule is CN(C)C(CNC(=O)c1ccc(Cl)c(S(=O)(=O)NCC2CCCO2)c1)c1cccs1. The molecule has 0 radical (unpaired) electrons. The van der Waals surface area contributed by atoms with Crippen LogP contribution in [0, 0.1) is 0 Å². The summed E-state index contributed by atoms with van der Waals surface area (Å²) in [5.74, 6) is -0.356. The molecular formula is C20H26ClN3O4S2. The van der Waals surface area contributed by atoms with E-state index in [0.717, 1.165) is 17.7 Å². The van der Waals surface area contributed by atoms with Crippen LogP contribution >= 0.6 is 22.9 Å². The Bertz CT molecular complexity index is 958. The second-order valence-corrected chi connectivity index (χ2v) is 10.5. The molecule has 2 heterocycles. The maximum atomic E-state index is 12.7. The van der Waals surface area contributed by atoms with E-state index in [9.17, 15) is 13.2 Å². The van der Waals surface area contributed by atoms with Crippen molar-refractivity contribution in [1.29, 1.82) is 0 Å². The Morgan fingerprint density at radius 1 is 1.37 bits per heavy atom. The number of carbonyl (C=O) groups excluding carboxylic acids is 1. The predicted octanol–water partition coefficient (Wildman–Crippen LogP) is 2.89. The lowest BCUT2D eigenvalue weighted by atomic mass is 10.2. The summed E-state index contributed by atoms with van der Waals surface area (Å²) < 4.78 is 33.4. The van der Waals surface area contributed by atoms with Gasteiger partial charge in [-0.1, -0.05) is 17.7 Å². The van der Waals surface area contributed by atoms with Gasteiger partial charge < -0.3 is 15.0 Å². The van der Waals surface area contributed by atoms with E-state index < -0.39 is 10.0 Å². The second-order valence-electron chi connectivity index (χ2n) is 7.34. The number of hydrogen-bond donors (Lipinski definition) is 2. The van der Waals surface area contributed by atoms with Gasteiger partial charge in [-0.25, -0.2) is 13.1 Å². The van der Waals surface area contributed by atoms with E-state index in [-0.39, 0.29) is 40.1 Å². The molecule has 1 saturated heterocycles. The van der Waals surface area contributed by atoms with Crippen LogP contribution < -0.4 is 10.0 Å². The molecule has 1 amide bonds. The highest BCUT2D eigenvalue weighted by atomic mass is 35.5.